The molecule has 7 nitrogen and oxygen atoms in total. The number of rotatable bonds is 6. The lowest BCUT2D eigenvalue weighted by molar-refractivity contribution is 0.0696. The molecule has 1 atom stereocenters. The number of nitrogens with zero attached hydrogens (tertiary/aromatic N) is 2. The van der Waals surface area contributed by atoms with Gasteiger partial charge in [-0.2, -0.15) is 0 Å². The number of hydrogen-bond acceptors (Lipinski definition) is 6. The van der Waals surface area contributed by atoms with Crippen LogP contribution in [-0.2, 0) is 13.0 Å². The molecule has 8 heteroatoms. The topological polar surface area (TPSA) is 94.7 Å². The Morgan fingerprint density at radius 2 is 2.00 bits per heavy atom. The molecule has 2 aromatic carbocycles. The third kappa shape index (κ3) is 4.44. The Morgan fingerprint density at radius 1 is 1.16 bits per heavy atom. The Balaban J connectivity index is 1.29. The van der Waals surface area contributed by atoms with Crippen LogP contribution in [0.3, 0.4) is 0 Å². The van der Waals surface area contributed by atoms with Crippen LogP contribution in [0.15, 0.2) is 53.1 Å². The number of hydrogen-bond donors (Lipinski definition) is 1. The number of carboxylic acids is 1. The van der Waals surface area contributed by atoms with Crippen LogP contribution in [0.5, 0.6) is 17.4 Å². The highest BCUT2D eigenvalue weighted by Gasteiger charge is 2.33. The predicted octanol–water partition coefficient (Wildman–Crippen LogP) is 7.30. The molecule has 0 amide bonds. The number of benzene rings is 2. The van der Waals surface area contributed by atoms with Crippen molar-refractivity contribution in [1.29, 1.82) is 0 Å². The first-order valence-corrected chi connectivity index (χ1v) is 12.7. The van der Waals surface area contributed by atoms with E-state index in [-0.39, 0.29) is 18.1 Å². The monoisotopic (exact) mass is 516 g/mol. The van der Waals surface area contributed by atoms with Crippen molar-refractivity contribution >= 4 is 17.6 Å². The summed E-state index contributed by atoms with van der Waals surface area (Å²) in [6, 6.07) is 14.3. The van der Waals surface area contributed by atoms with Gasteiger partial charge >= 0.3 is 5.97 Å². The first-order valence-electron chi connectivity index (χ1n) is 12.3. The number of halogens is 1. The van der Waals surface area contributed by atoms with E-state index < -0.39 is 5.97 Å². The van der Waals surface area contributed by atoms with Crippen LogP contribution in [0, 0.1) is 6.92 Å². The van der Waals surface area contributed by atoms with E-state index in [1.165, 1.54) is 0 Å². The lowest BCUT2D eigenvalue weighted by Crippen LogP contribution is -2.04. The summed E-state index contributed by atoms with van der Waals surface area (Å²) in [5.41, 5.74) is 5.37. The van der Waals surface area contributed by atoms with Crippen LogP contribution in [0.25, 0.3) is 11.3 Å². The van der Waals surface area contributed by atoms with Crippen LogP contribution in [-0.4, -0.2) is 21.2 Å². The fourth-order valence-electron chi connectivity index (χ4n) is 4.87. The number of carboxylic acid groups (broad SMARTS) is 1. The Kier molecular flexibility index (Phi) is 5.88. The number of carbonyl (C=O) groups is 1. The second-order valence-electron chi connectivity index (χ2n) is 9.73. The lowest BCUT2D eigenvalue weighted by Gasteiger charge is -2.12. The van der Waals surface area contributed by atoms with Gasteiger partial charge in [-0.05, 0) is 61.1 Å². The predicted molar refractivity (Wildman–Crippen MR) is 138 cm³/mol. The first kappa shape index (κ1) is 23.6. The molecule has 1 aliphatic heterocycles. The molecule has 0 saturated heterocycles. The minimum absolute atomic E-state index is 0.0937. The largest absolute Gasteiger partial charge is 0.478 e. The van der Waals surface area contributed by atoms with Crippen LogP contribution >= 0.6 is 11.6 Å². The SMILES string of the molecule is Cc1cccc(Cl)c1-c1noc(C2CC2)c1COc1ccc2c(n1)CC(C)c1ccc(C(=O)O)cc1O2. The van der Waals surface area contributed by atoms with Gasteiger partial charge in [-0.1, -0.05) is 41.9 Å². The summed E-state index contributed by atoms with van der Waals surface area (Å²) < 4.78 is 18.1. The summed E-state index contributed by atoms with van der Waals surface area (Å²) in [4.78, 5) is 16.2. The van der Waals surface area contributed by atoms with Crippen molar-refractivity contribution < 1.29 is 23.9 Å². The van der Waals surface area contributed by atoms with Gasteiger partial charge in [0.25, 0.3) is 0 Å². The number of pyridine rings is 1. The smallest absolute Gasteiger partial charge is 0.335 e. The summed E-state index contributed by atoms with van der Waals surface area (Å²) in [5.74, 6) is 1.91. The van der Waals surface area contributed by atoms with Gasteiger partial charge in [-0.15, -0.1) is 0 Å². The molecule has 0 bridgehead atoms. The third-order valence-electron chi connectivity index (χ3n) is 7.01. The van der Waals surface area contributed by atoms with Gasteiger partial charge in [0.05, 0.1) is 21.8 Å². The van der Waals surface area contributed by atoms with Gasteiger partial charge < -0.3 is 19.1 Å². The Labute approximate surface area is 219 Å². The molecule has 1 N–H and O–H groups in total. The second-order valence-corrected chi connectivity index (χ2v) is 10.1. The summed E-state index contributed by atoms with van der Waals surface area (Å²) >= 11 is 6.55. The molecule has 2 aliphatic rings. The Hall–Kier alpha value is -3.84. The molecule has 188 valence electrons. The van der Waals surface area contributed by atoms with Gasteiger partial charge in [0.2, 0.25) is 5.88 Å². The third-order valence-corrected chi connectivity index (χ3v) is 7.32. The summed E-state index contributed by atoms with van der Waals surface area (Å²) in [6.07, 6.45) is 2.77. The maximum atomic E-state index is 11.4. The van der Waals surface area contributed by atoms with E-state index in [4.69, 9.17) is 30.6 Å². The standard InChI is InChI=1S/C29H25ClN2O5/c1-15-4-3-5-21(30)26(15)27-20(28(37-32-27)17-6-7-17)14-35-25-11-10-23-22(31-25)12-16(2)19-9-8-18(29(33)34)13-24(19)36-23/h3-5,8-11,13,16-17H,6-7,12,14H2,1-2H3,(H,33,34). The van der Waals surface area contributed by atoms with Crippen molar-refractivity contribution in [3.05, 3.63) is 87.3 Å². The highest BCUT2D eigenvalue weighted by molar-refractivity contribution is 6.33. The van der Waals surface area contributed by atoms with Gasteiger partial charge in [0.15, 0.2) is 0 Å². The van der Waals surface area contributed by atoms with E-state index in [1.807, 2.05) is 37.3 Å². The highest BCUT2D eigenvalue weighted by atomic mass is 35.5. The first-order chi connectivity index (χ1) is 17.9. The van der Waals surface area contributed by atoms with Gasteiger partial charge in [-0.3, -0.25) is 0 Å². The highest BCUT2D eigenvalue weighted by Crippen LogP contribution is 2.46. The zero-order chi connectivity index (χ0) is 25.7. The fourth-order valence-corrected chi connectivity index (χ4v) is 5.18. The molecule has 4 aromatic rings. The number of aryl methyl sites for hydroxylation is 1. The Bertz CT molecular complexity index is 1500. The molecule has 0 radical (unpaired) electrons. The van der Waals surface area contributed by atoms with E-state index in [0.29, 0.717) is 40.4 Å². The summed E-state index contributed by atoms with van der Waals surface area (Å²) in [7, 11) is 0. The maximum absolute atomic E-state index is 11.4. The molecule has 3 heterocycles. The molecule has 0 spiro atoms. The molecule has 1 saturated carbocycles. The molecule has 6 rings (SSSR count). The van der Waals surface area contributed by atoms with Crippen molar-refractivity contribution in [2.45, 2.75) is 51.6 Å². The normalized spacial score (nSPS) is 16.4. The van der Waals surface area contributed by atoms with Crippen LogP contribution < -0.4 is 9.47 Å². The number of aromatic carboxylic acids is 1. The quantitative estimate of drug-likeness (QED) is 0.287. The maximum Gasteiger partial charge on any atom is 0.335 e. The van der Waals surface area contributed by atoms with Crippen molar-refractivity contribution in [1.82, 2.24) is 10.1 Å². The average Bonchev–Trinajstić information content (AvgIpc) is 3.65. The summed E-state index contributed by atoms with van der Waals surface area (Å²) in [6.45, 7) is 4.33. The van der Waals surface area contributed by atoms with Gasteiger partial charge in [0.1, 0.15) is 29.6 Å². The van der Waals surface area contributed by atoms with Crippen molar-refractivity contribution in [3.8, 4) is 28.6 Å². The van der Waals surface area contributed by atoms with Crippen molar-refractivity contribution in [2.75, 3.05) is 0 Å². The van der Waals surface area contributed by atoms with E-state index in [2.05, 4.69) is 12.1 Å². The molecule has 1 fully saturated rings. The van der Waals surface area contributed by atoms with Crippen molar-refractivity contribution in [3.63, 3.8) is 0 Å². The van der Waals surface area contributed by atoms with E-state index in [9.17, 15) is 9.90 Å². The van der Waals surface area contributed by atoms with Crippen LogP contribution in [0.1, 0.15) is 70.1 Å². The van der Waals surface area contributed by atoms with E-state index in [0.717, 1.165) is 46.5 Å². The summed E-state index contributed by atoms with van der Waals surface area (Å²) in [5, 5.41) is 14.4. The number of fused-ring (bicyclic) bond motifs is 2. The lowest BCUT2D eigenvalue weighted by atomic mass is 9.95. The van der Waals surface area contributed by atoms with Crippen LogP contribution in [0.2, 0.25) is 5.02 Å². The zero-order valence-corrected chi connectivity index (χ0v) is 21.2. The average molecular weight is 517 g/mol. The minimum atomic E-state index is -0.990. The molecule has 2 aromatic heterocycles. The number of aromatic nitrogens is 2. The molecule has 1 unspecified atom stereocenters. The minimum Gasteiger partial charge on any atom is -0.478 e. The molecule has 1 aliphatic carbocycles. The molecule has 37 heavy (non-hydrogen) atoms. The van der Waals surface area contributed by atoms with Gasteiger partial charge in [-0.25, -0.2) is 9.78 Å². The van der Waals surface area contributed by atoms with Crippen molar-refractivity contribution in [2.24, 2.45) is 0 Å². The van der Waals surface area contributed by atoms with Gasteiger partial charge in [0, 0.05) is 24.0 Å². The van der Waals surface area contributed by atoms with Crippen LogP contribution in [0.4, 0.5) is 0 Å². The second kappa shape index (κ2) is 9.23. The van der Waals surface area contributed by atoms with E-state index in [1.54, 1.807) is 18.2 Å². The molecular formula is C29H25ClN2O5. The van der Waals surface area contributed by atoms with E-state index >= 15 is 0 Å². The zero-order valence-electron chi connectivity index (χ0n) is 20.5. The molecular weight excluding hydrogens is 492 g/mol. The number of ether oxygens (including phenoxy) is 2. The fraction of sp³-hybridized carbons (Fsp3) is 0.276. The Morgan fingerprint density at radius 3 is 2.76 bits per heavy atom.